The number of nitrogens with one attached hydrogen (secondary N) is 1. The molecular weight excluding hydrogens is 206 g/mol. The molecule has 0 atom stereocenters. The highest BCUT2D eigenvalue weighted by Gasteiger charge is 2.08. The number of ether oxygens (including phenoxy) is 1. The number of methoxy groups -OCH3 is 1. The minimum Gasteiger partial charge on any atom is -0.494 e. The molecule has 0 spiro atoms. The fourth-order valence-electron chi connectivity index (χ4n) is 1.49. The number of hydrogen-bond acceptors (Lipinski definition) is 4. The molecular formula is C11H11N3O2. The highest BCUT2D eigenvalue weighted by molar-refractivity contribution is 6.00. The monoisotopic (exact) mass is 217 g/mol. The molecule has 0 aliphatic carbocycles. The number of rotatable bonds is 2. The number of fused-ring (bicyclic) bond motifs is 1. The zero-order valence-electron chi connectivity index (χ0n) is 9.02. The average Bonchev–Trinajstić information content (AvgIpc) is 2.29. The zero-order valence-corrected chi connectivity index (χ0v) is 9.02. The molecule has 16 heavy (non-hydrogen) atoms. The Hall–Kier alpha value is -2.17. The summed E-state index contributed by atoms with van der Waals surface area (Å²) in [5, 5.41) is 2.70. The van der Waals surface area contributed by atoms with Crippen molar-refractivity contribution >= 4 is 22.6 Å². The van der Waals surface area contributed by atoms with E-state index in [0.717, 1.165) is 0 Å². The second-order valence-electron chi connectivity index (χ2n) is 3.25. The molecule has 2 aromatic rings. The predicted molar refractivity (Wildman–Crippen MR) is 60.4 cm³/mol. The Labute approximate surface area is 92.5 Å². The van der Waals surface area contributed by atoms with E-state index in [9.17, 15) is 4.79 Å². The van der Waals surface area contributed by atoms with E-state index in [1.54, 1.807) is 31.6 Å². The van der Waals surface area contributed by atoms with Crippen molar-refractivity contribution in [3.63, 3.8) is 0 Å². The van der Waals surface area contributed by atoms with Crippen molar-refractivity contribution in [2.24, 2.45) is 0 Å². The number of nitrogens with zero attached hydrogens (tertiary/aromatic N) is 2. The van der Waals surface area contributed by atoms with Gasteiger partial charge in [0.05, 0.1) is 12.8 Å². The van der Waals surface area contributed by atoms with Crippen LogP contribution in [0, 0.1) is 0 Å². The van der Waals surface area contributed by atoms with Crippen molar-refractivity contribution in [2.75, 3.05) is 12.4 Å². The lowest BCUT2D eigenvalue weighted by atomic mass is 10.2. The van der Waals surface area contributed by atoms with Gasteiger partial charge >= 0.3 is 0 Å². The van der Waals surface area contributed by atoms with E-state index in [1.165, 1.54) is 6.92 Å². The van der Waals surface area contributed by atoms with Crippen molar-refractivity contribution in [2.45, 2.75) is 6.92 Å². The first-order valence-corrected chi connectivity index (χ1v) is 4.77. The van der Waals surface area contributed by atoms with Gasteiger partial charge in [-0.3, -0.25) is 9.78 Å². The van der Waals surface area contributed by atoms with E-state index < -0.39 is 0 Å². The first-order valence-electron chi connectivity index (χ1n) is 4.77. The van der Waals surface area contributed by atoms with Crippen molar-refractivity contribution in [1.29, 1.82) is 0 Å². The van der Waals surface area contributed by atoms with Crippen LogP contribution in [0.15, 0.2) is 24.5 Å². The van der Waals surface area contributed by atoms with Crippen LogP contribution in [-0.4, -0.2) is 23.0 Å². The van der Waals surface area contributed by atoms with Crippen LogP contribution in [0.25, 0.3) is 11.0 Å². The van der Waals surface area contributed by atoms with Gasteiger partial charge in [0.25, 0.3) is 0 Å². The fourth-order valence-corrected chi connectivity index (χ4v) is 1.49. The third-order valence-electron chi connectivity index (χ3n) is 2.12. The highest BCUT2D eigenvalue weighted by atomic mass is 16.5. The lowest BCUT2D eigenvalue weighted by Crippen LogP contribution is -2.07. The molecule has 5 nitrogen and oxygen atoms in total. The minimum atomic E-state index is -0.142. The number of hydrogen-bond donors (Lipinski definition) is 1. The number of amides is 1. The minimum absolute atomic E-state index is 0.142. The molecule has 1 amide bonds. The van der Waals surface area contributed by atoms with Crippen molar-refractivity contribution < 1.29 is 9.53 Å². The van der Waals surface area contributed by atoms with Crippen molar-refractivity contribution in [1.82, 2.24) is 9.97 Å². The van der Waals surface area contributed by atoms with Gasteiger partial charge in [0.2, 0.25) is 5.91 Å². The summed E-state index contributed by atoms with van der Waals surface area (Å²) in [6, 6.07) is 3.50. The van der Waals surface area contributed by atoms with Gasteiger partial charge in [0.1, 0.15) is 16.8 Å². The van der Waals surface area contributed by atoms with Gasteiger partial charge in [-0.15, -0.1) is 0 Å². The van der Waals surface area contributed by atoms with Crippen LogP contribution in [-0.2, 0) is 4.79 Å². The summed E-state index contributed by atoms with van der Waals surface area (Å²) < 4.78 is 5.17. The topological polar surface area (TPSA) is 64.1 Å². The fraction of sp³-hybridized carbons (Fsp3) is 0.182. The van der Waals surface area contributed by atoms with E-state index in [-0.39, 0.29) is 5.91 Å². The second-order valence-corrected chi connectivity index (χ2v) is 3.25. The summed E-state index contributed by atoms with van der Waals surface area (Å²) in [5.41, 5.74) is 1.89. The maximum absolute atomic E-state index is 11.0. The Kier molecular flexibility index (Phi) is 2.68. The molecule has 0 saturated carbocycles. The normalized spacial score (nSPS) is 10.1. The number of benzene rings is 1. The van der Waals surface area contributed by atoms with E-state index in [4.69, 9.17) is 4.74 Å². The maximum atomic E-state index is 11.0. The molecule has 5 heteroatoms. The van der Waals surface area contributed by atoms with Crippen LogP contribution in [0.3, 0.4) is 0 Å². The average molecular weight is 217 g/mol. The third kappa shape index (κ3) is 1.79. The third-order valence-corrected chi connectivity index (χ3v) is 2.12. The second kappa shape index (κ2) is 4.14. The molecule has 1 N–H and O–H groups in total. The van der Waals surface area contributed by atoms with Crippen LogP contribution in [0.1, 0.15) is 6.92 Å². The van der Waals surface area contributed by atoms with Crippen LogP contribution >= 0.6 is 0 Å². The Morgan fingerprint density at radius 2 is 1.94 bits per heavy atom. The van der Waals surface area contributed by atoms with E-state index >= 15 is 0 Å². The molecule has 82 valence electrons. The first-order chi connectivity index (χ1) is 7.72. The Morgan fingerprint density at radius 3 is 2.56 bits per heavy atom. The quantitative estimate of drug-likeness (QED) is 0.829. The summed E-state index contributed by atoms with van der Waals surface area (Å²) in [4.78, 5) is 19.4. The van der Waals surface area contributed by atoms with Crippen LogP contribution in [0.5, 0.6) is 5.75 Å². The summed E-state index contributed by atoms with van der Waals surface area (Å²) in [6.45, 7) is 1.45. The van der Waals surface area contributed by atoms with Gasteiger partial charge in [0, 0.05) is 19.3 Å². The standard InChI is InChI=1S/C11H11N3O2/c1-7(15)14-8-3-4-9(16-2)11-10(8)12-5-6-13-11/h3-6H,1-2H3,(H,14,15). The molecule has 1 aromatic heterocycles. The van der Waals surface area contributed by atoms with E-state index in [2.05, 4.69) is 15.3 Å². The predicted octanol–water partition coefficient (Wildman–Crippen LogP) is 1.60. The number of anilines is 1. The van der Waals surface area contributed by atoms with E-state index in [0.29, 0.717) is 22.5 Å². The largest absolute Gasteiger partial charge is 0.494 e. The van der Waals surface area contributed by atoms with Crippen molar-refractivity contribution in [3.05, 3.63) is 24.5 Å². The Morgan fingerprint density at radius 1 is 1.25 bits per heavy atom. The number of carbonyl (C=O) groups excluding carboxylic acids is 1. The molecule has 0 fully saturated rings. The molecule has 0 radical (unpaired) electrons. The molecule has 0 unspecified atom stereocenters. The lowest BCUT2D eigenvalue weighted by Gasteiger charge is -2.08. The molecule has 0 saturated heterocycles. The van der Waals surface area contributed by atoms with Gasteiger partial charge in [-0.05, 0) is 12.1 Å². The SMILES string of the molecule is COc1ccc(NC(C)=O)c2nccnc12. The highest BCUT2D eigenvalue weighted by Crippen LogP contribution is 2.27. The van der Waals surface area contributed by atoms with Crippen LogP contribution in [0.2, 0.25) is 0 Å². The molecule has 0 aliphatic heterocycles. The zero-order chi connectivity index (χ0) is 11.5. The van der Waals surface area contributed by atoms with Gasteiger partial charge in [-0.1, -0.05) is 0 Å². The van der Waals surface area contributed by atoms with Crippen LogP contribution in [0.4, 0.5) is 5.69 Å². The molecule has 2 rings (SSSR count). The lowest BCUT2D eigenvalue weighted by molar-refractivity contribution is -0.114. The molecule has 0 aliphatic rings. The van der Waals surface area contributed by atoms with Gasteiger partial charge in [-0.2, -0.15) is 0 Å². The first kappa shape index (κ1) is 10.4. The summed E-state index contributed by atoms with van der Waals surface area (Å²) in [7, 11) is 1.57. The van der Waals surface area contributed by atoms with E-state index in [1.807, 2.05) is 0 Å². The summed E-state index contributed by atoms with van der Waals surface area (Å²) in [6.07, 6.45) is 3.16. The van der Waals surface area contributed by atoms with Gasteiger partial charge in [-0.25, -0.2) is 4.98 Å². The summed E-state index contributed by atoms with van der Waals surface area (Å²) >= 11 is 0. The van der Waals surface area contributed by atoms with Crippen molar-refractivity contribution in [3.8, 4) is 5.75 Å². The smallest absolute Gasteiger partial charge is 0.221 e. The Balaban J connectivity index is 2.64. The van der Waals surface area contributed by atoms with Gasteiger partial charge in [0.15, 0.2) is 0 Å². The van der Waals surface area contributed by atoms with Gasteiger partial charge < -0.3 is 10.1 Å². The number of aromatic nitrogens is 2. The Bertz CT molecular complexity index is 540. The molecule has 1 heterocycles. The molecule has 1 aromatic carbocycles. The molecule has 0 bridgehead atoms. The number of carbonyl (C=O) groups is 1. The maximum Gasteiger partial charge on any atom is 0.221 e. The van der Waals surface area contributed by atoms with Crippen LogP contribution < -0.4 is 10.1 Å². The summed E-state index contributed by atoms with van der Waals surface area (Å²) in [5.74, 6) is 0.495.